The molecule has 0 fully saturated rings. The van der Waals surface area contributed by atoms with Crippen molar-refractivity contribution < 1.29 is 4.79 Å². The highest BCUT2D eigenvalue weighted by Crippen LogP contribution is 2.20. The number of aryl methyl sites for hydroxylation is 2. The topological polar surface area (TPSA) is 70.7 Å². The van der Waals surface area contributed by atoms with E-state index >= 15 is 0 Å². The van der Waals surface area contributed by atoms with E-state index in [1.165, 1.54) is 35.7 Å². The van der Waals surface area contributed by atoms with Crippen LogP contribution in [-0.2, 0) is 17.6 Å². The second-order valence-electron chi connectivity index (χ2n) is 6.65. The lowest BCUT2D eigenvalue weighted by molar-refractivity contribution is -0.113. The maximum atomic E-state index is 12.2. The molecule has 1 heterocycles. The van der Waals surface area contributed by atoms with Crippen molar-refractivity contribution in [3.05, 3.63) is 59.7 Å². The lowest BCUT2D eigenvalue weighted by Gasteiger charge is -2.05. The van der Waals surface area contributed by atoms with Crippen LogP contribution < -0.4 is 5.32 Å². The van der Waals surface area contributed by atoms with Crippen LogP contribution in [-0.4, -0.2) is 26.8 Å². The summed E-state index contributed by atoms with van der Waals surface area (Å²) in [4.78, 5) is 16.7. The molecular weight excluding hydrogens is 368 g/mol. The Morgan fingerprint density at radius 3 is 2.43 bits per heavy atom. The van der Waals surface area contributed by atoms with Crippen molar-refractivity contribution in [3.63, 3.8) is 0 Å². The van der Waals surface area contributed by atoms with Gasteiger partial charge in [-0.3, -0.25) is 9.89 Å². The standard InChI is InChI=1S/C22H26N4OS/c1-3-5-6-17-9-13-19(14-10-17)23-20(27)15-28-22-24-21(25-26-22)18-11-7-16(4-2)8-12-18/h7-14H,3-6,15H2,1-2H3,(H,23,27)(H,24,25,26). The number of H-pyrrole nitrogens is 1. The highest BCUT2D eigenvalue weighted by atomic mass is 32.2. The van der Waals surface area contributed by atoms with E-state index in [1.54, 1.807) is 0 Å². The van der Waals surface area contributed by atoms with Crippen molar-refractivity contribution in [3.8, 4) is 11.4 Å². The van der Waals surface area contributed by atoms with E-state index in [1.807, 2.05) is 24.3 Å². The van der Waals surface area contributed by atoms with Crippen molar-refractivity contribution in [2.75, 3.05) is 11.1 Å². The third kappa shape index (κ3) is 5.70. The quantitative estimate of drug-likeness (QED) is 0.495. The van der Waals surface area contributed by atoms with Gasteiger partial charge in [0, 0.05) is 11.3 Å². The molecule has 0 spiro atoms. The lowest BCUT2D eigenvalue weighted by Crippen LogP contribution is -2.14. The summed E-state index contributed by atoms with van der Waals surface area (Å²) in [5.41, 5.74) is 4.39. The Hall–Kier alpha value is -2.60. The first-order valence-electron chi connectivity index (χ1n) is 9.71. The maximum absolute atomic E-state index is 12.2. The molecule has 146 valence electrons. The molecule has 0 unspecified atom stereocenters. The van der Waals surface area contributed by atoms with Crippen LogP contribution in [0.5, 0.6) is 0 Å². The van der Waals surface area contributed by atoms with E-state index in [2.05, 4.69) is 58.6 Å². The average molecular weight is 395 g/mol. The number of rotatable bonds is 9. The van der Waals surface area contributed by atoms with Crippen molar-refractivity contribution in [1.29, 1.82) is 0 Å². The first-order chi connectivity index (χ1) is 13.7. The van der Waals surface area contributed by atoms with Gasteiger partial charge in [-0.15, -0.1) is 5.10 Å². The van der Waals surface area contributed by atoms with Crippen LogP contribution in [0.15, 0.2) is 53.7 Å². The zero-order valence-corrected chi connectivity index (χ0v) is 17.2. The molecule has 1 aromatic heterocycles. The van der Waals surface area contributed by atoms with Gasteiger partial charge in [-0.2, -0.15) is 0 Å². The number of amides is 1. The van der Waals surface area contributed by atoms with Gasteiger partial charge >= 0.3 is 0 Å². The number of anilines is 1. The Balaban J connectivity index is 1.50. The van der Waals surface area contributed by atoms with Gasteiger partial charge in [0.1, 0.15) is 0 Å². The highest BCUT2D eigenvalue weighted by Gasteiger charge is 2.09. The number of aromatic amines is 1. The normalized spacial score (nSPS) is 10.8. The molecule has 28 heavy (non-hydrogen) atoms. The number of aromatic nitrogens is 3. The Morgan fingerprint density at radius 1 is 1.04 bits per heavy atom. The number of carbonyl (C=O) groups is 1. The van der Waals surface area contributed by atoms with Crippen LogP contribution in [0.1, 0.15) is 37.8 Å². The summed E-state index contributed by atoms with van der Waals surface area (Å²) >= 11 is 1.32. The molecule has 3 aromatic rings. The third-order valence-corrected chi connectivity index (χ3v) is 5.34. The van der Waals surface area contributed by atoms with E-state index in [9.17, 15) is 4.79 Å². The summed E-state index contributed by atoms with van der Waals surface area (Å²) in [5, 5.41) is 10.6. The Kier molecular flexibility index (Phi) is 7.25. The van der Waals surface area contributed by atoms with Crippen LogP contribution in [0, 0.1) is 0 Å². The SMILES string of the molecule is CCCCc1ccc(NC(=O)CSc2n[nH]c(-c3ccc(CC)cc3)n2)cc1. The Morgan fingerprint density at radius 2 is 1.75 bits per heavy atom. The largest absolute Gasteiger partial charge is 0.325 e. The predicted octanol–water partition coefficient (Wildman–Crippen LogP) is 5.11. The molecule has 2 N–H and O–H groups in total. The number of nitrogens with zero attached hydrogens (tertiary/aromatic N) is 2. The molecule has 6 heteroatoms. The fourth-order valence-electron chi connectivity index (χ4n) is 2.80. The fourth-order valence-corrected chi connectivity index (χ4v) is 3.40. The molecule has 3 rings (SSSR count). The highest BCUT2D eigenvalue weighted by molar-refractivity contribution is 7.99. The van der Waals surface area contributed by atoms with Crippen molar-refractivity contribution in [1.82, 2.24) is 15.2 Å². The van der Waals surface area contributed by atoms with Gasteiger partial charge in [0.15, 0.2) is 5.82 Å². The van der Waals surface area contributed by atoms with Crippen LogP contribution in [0.2, 0.25) is 0 Å². The summed E-state index contributed by atoms with van der Waals surface area (Å²) < 4.78 is 0. The minimum atomic E-state index is -0.0649. The summed E-state index contributed by atoms with van der Waals surface area (Å²) in [7, 11) is 0. The van der Waals surface area contributed by atoms with Gasteiger partial charge < -0.3 is 5.32 Å². The van der Waals surface area contributed by atoms with Gasteiger partial charge in [-0.25, -0.2) is 4.98 Å². The number of hydrogen-bond acceptors (Lipinski definition) is 4. The predicted molar refractivity (Wildman–Crippen MR) is 116 cm³/mol. The van der Waals surface area contributed by atoms with E-state index in [0.29, 0.717) is 11.0 Å². The zero-order chi connectivity index (χ0) is 19.8. The lowest BCUT2D eigenvalue weighted by atomic mass is 10.1. The fraction of sp³-hybridized carbons (Fsp3) is 0.318. The monoisotopic (exact) mass is 394 g/mol. The van der Waals surface area contributed by atoms with E-state index in [0.717, 1.165) is 24.1 Å². The molecule has 0 saturated heterocycles. The molecule has 0 bridgehead atoms. The number of carbonyl (C=O) groups excluding carboxylic acids is 1. The molecule has 0 saturated carbocycles. The van der Waals surface area contributed by atoms with Crippen LogP contribution >= 0.6 is 11.8 Å². The van der Waals surface area contributed by atoms with Gasteiger partial charge in [0.25, 0.3) is 0 Å². The molecule has 2 aromatic carbocycles. The molecule has 0 atom stereocenters. The first kappa shape index (κ1) is 20.1. The molecule has 0 radical (unpaired) electrons. The van der Waals surface area contributed by atoms with Gasteiger partial charge in [0.05, 0.1) is 5.75 Å². The van der Waals surface area contributed by atoms with Crippen LogP contribution in [0.3, 0.4) is 0 Å². The van der Waals surface area contributed by atoms with Crippen LogP contribution in [0.25, 0.3) is 11.4 Å². The minimum Gasteiger partial charge on any atom is -0.325 e. The Bertz CT molecular complexity index is 888. The number of benzene rings is 2. The summed E-state index contributed by atoms with van der Waals surface area (Å²) in [6, 6.07) is 16.3. The van der Waals surface area contributed by atoms with Gasteiger partial charge in [-0.1, -0.05) is 68.4 Å². The number of unbranched alkanes of at least 4 members (excludes halogenated alkanes) is 1. The molecule has 0 aliphatic carbocycles. The van der Waals surface area contributed by atoms with Crippen molar-refractivity contribution in [2.45, 2.75) is 44.7 Å². The number of hydrogen-bond donors (Lipinski definition) is 2. The molecule has 0 aliphatic rings. The third-order valence-electron chi connectivity index (χ3n) is 4.49. The zero-order valence-electron chi connectivity index (χ0n) is 16.4. The van der Waals surface area contributed by atoms with Gasteiger partial charge in [-0.05, 0) is 42.5 Å². The minimum absolute atomic E-state index is 0.0649. The van der Waals surface area contributed by atoms with Crippen molar-refractivity contribution >= 4 is 23.4 Å². The second kappa shape index (κ2) is 10.1. The summed E-state index contributed by atoms with van der Waals surface area (Å²) in [6.45, 7) is 4.32. The van der Waals surface area contributed by atoms with Gasteiger partial charge in [0.2, 0.25) is 11.1 Å². The van der Waals surface area contributed by atoms with Crippen LogP contribution in [0.4, 0.5) is 5.69 Å². The number of nitrogens with one attached hydrogen (secondary N) is 2. The molecule has 1 amide bonds. The average Bonchev–Trinajstić information content (AvgIpc) is 3.21. The Labute approximate surface area is 170 Å². The molecular formula is C22H26N4OS. The number of thioether (sulfide) groups is 1. The molecule has 5 nitrogen and oxygen atoms in total. The van der Waals surface area contributed by atoms with Crippen molar-refractivity contribution in [2.24, 2.45) is 0 Å². The molecule has 0 aliphatic heterocycles. The summed E-state index contributed by atoms with van der Waals surface area (Å²) in [5.74, 6) is 0.919. The van der Waals surface area contributed by atoms with E-state index in [-0.39, 0.29) is 11.7 Å². The smallest absolute Gasteiger partial charge is 0.234 e. The first-order valence-corrected chi connectivity index (χ1v) is 10.7. The second-order valence-corrected chi connectivity index (χ2v) is 7.60. The van der Waals surface area contributed by atoms with E-state index in [4.69, 9.17) is 0 Å². The summed E-state index contributed by atoms with van der Waals surface area (Å²) in [6.07, 6.45) is 4.45. The maximum Gasteiger partial charge on any atom is 0.234 e. The van der Waals surface area contributed by atoms with E-state index < -0.39 is 0 Å².